The third kappa shape index (κ3) is 4.30. The van der Waals surface area contributed by atoms with Crippen molar-refractivity contribution in [1.29, 1.82) is 0 Å². The molecule has 2 aromatic rings. The zero-order chi connectivity index (χ0) is 16.1. The van der Waals surface area contributed by atoms with Gasteiger partial charge in [0.1, 0.15) is 11.5 Å². The molecular weight excluding hydrogens is 355 g/mol. The van der Waals surface area contributed by atoms with Crippen LogP contribution in [0.3, 0.4) is 0 Å². The maximum atomic E-state index is 13.8. The highest BCUT2D eigenvalue weighted by molar-refractivity contribution is 9.10. The molecule has 1 amide bonds. The molecule has 0 saturated heterocycles. The van der Waals surface area contributed by atoms with Crippen molar-refractivity contribution in [2.24, 2.45) is 0 Å². The first-order chi connectivity index (χ1) is 10.5. The summed E-state index contributed by atoms with van der Waals surface area (Å²) in [4.78, 5) is 25.2. The van der Waals surface area contributed by atoms with Crippen molar-refractivity contribution in [3.8, 4) is 0 Å². The Morgan fingerprint density at radius 1 is 1.23 bits per heavy atom. The van der Waals surface area contributed by atoms with Gasteiger partial charge in [0, 0.05) is 22.8 Å². The SMILES string of the molecule is O=C(O)CCCCCNC(=O)c1cc2c(F)cc(Br)cc2[nH]1. The van der Waals surface area contributed by atoms with Gasteiger partial charge in [-0.05, 0) is 31.0 Å². The fraction of sp³-hybridized carbons (Fsp3) is 0.333. The molecule has 0 fully saturated rings. The first kappa shape index (κ1) is 16.5. The van der Waals surface area contributed by atoms with Gasteiger partial charge in [-0.3, -0.25) is 9.59 Å². The van der Waals surface area contributed by atoms with Crippen LogP contribution < -0.4 is 5.32 Å². The predicted molar refractivity (Wildman–Crippen MR) is 84.4 cm³/mol. The van der Waals surface area contributed by atoms with E-state index in [2.05, 4.69) is 26.2 Å². The van der Waals surface area contributed by atoms with Crippen LogP contribution in [0.25, 0.3) is 10.9 Å². The lowest BCUT2D eigenvalue weighted by atomic mass is 10.2. The van der Waals surface area contributed by atoms with Gasteiger partial charge in [-0.1, -0.05) is 22.4 Å². The number of hydrogen-bond acceptors (Lipinski definition) is 2. The van der Waals surface area contributed by atoms with Crippen LogP contribution in [0.1, 0.15) is 36.2 Å². The molecule has 0 atom stereocenters. The average molecular weight is 371 g/mol. The molecule has 1 aromatic carbocycles. The van der Waals surface area contributed by atoms with Crippen molar-refractivity contribution in [2.45, 2.75) is 25.7 Å². The van der Waals surface area contributed by atoms with Gasteiger partial charge < -0.3 is 15.4 Å². The maximum Gasteiger partial charge on any atom is 0.303 e. The van der Waals surface area contributed by atoms with E-state index in [-0.39, 0.29) is 12.3 Å². The molecule has 0 unspecified atom stereocenters. The number of aliphatic carboxylic acids is 1. The van der Waals surface area contributed by atoms with E-state index in [9.17, 15) is 14.0 Å². The number of nitrogens with one attached hydrogen (secondary N) is 2. The summed E-state index contributed by atoms with van der Waals surface area (Å²) in [6, 6.07) is 4.54. The summed E-state index contributed by atoms with van der Waals surface area (Å²) in [7, 11) is 0. The molecule has 0 aliphatic rings. The van der Waals surface area contributed by atoms with Crippen LogP contribution >= 0.6 is 15.9 Å². The number of hydrogen-bond donors (Lipinski definition) is 3. The summed E-state index contributed by atoms with van der Waals surface area (Å²) in [6.07, 6.45) is 2.18. The Morgan fingerprint density at radius 3 is 2.73 bits per heavy atom. The number of carboxylic acid groups (broad SMARTS) is 1. The van der Waals surface area contributed by atoms with Crippen LogP contribution in [-0.2, 0) is 4.79 Å². The fourth-order valence-electron chi connectivity index (χ4n) is 2.16. The molecule has 0 aliphatic carbocycles. The standard InChI is InChI=1S/C15H16BrFN2O3/c16-9-6-11(17)10-8-13(19-12(10)7-9)15(22)18-5-3-1-2-4-14(20)21/h6-8,19H,1-5H2,(H,18,22)(H,20,21). The molecule has 0 saturated carbocycles. The van der Waals surface area contributed by atoms with Gasteiger partial charge in [-0.25, -0.2) is 4.39 Å². The Morgan fingerprint density at radius 2 is 2.00 bits per heavy atom. The minimum absolute atomic E-state index is 0.143. The summed E-state index contributed by atoms with van der Waals surface area (Å²) in [5, 5.41) is 11.6. The van der Waals surface area contributed by atoms with E-state index in [1.807, 2.05) is 0 Å². The van der Waals surface area contributed by atoms with Gasteiger partial charge in [-0.15, -0.1) is 0 Å². The molecule has 0 bridgehead atoms. The first-order valence-corrected chi connectivity index (χ1v) is 7.74. The first-order valence-electron chi connectivity index (χ1n) is 6.95. The molecule has 22 heavy (non-hydrogen) atoms. The second kappa shape index (κ2) is 7.40. The number of rotatable bonds is 7. The zero-order valence-electron chi connectivity index (χ0n) is 11.8. The number of unbranched alkanes of at least 4 members (excludes halogenated alkanes) is 2. The number of fused-ring (bicyclic) bond motifs is 1. The average Bonchev–Trinajstić information content (AvgIpc) is 2.86. The van der Waals surface area contributed by atoms with Crippen LogP contribution in [0.2, 0.25) is 0 Å². The number of H-pyrrole nitrogens is 1. The number of aromatic nitrogens is 1. The quantitative estimate of drug-likeness (QED) is 0.652. The normalized spacial score (nSPS) is 10.8. The molecule has 0 aliphatic heterocycles. The third-order valence-electron chi connectivity index (χ3n) is 3.25. The maximum absolute atomic E-state index is 13.8. The zero-order valence-corrected chi connectivity index (χ0v) is 13.4. The molecule has 118 valence electrons. The van der Waals surface area contributed by atoms with Gasteiger partial charge in [-0.2, -0.15) is 0 Å². The monoisotopic (exact) mass is 370 g/mol. The fourth-order valence-corrected chi connectivity index (χ4v) is 2.59. The Bertz CT molecular complexity index is 699. The lowest BCUT2D eigenvalue weighted by Gasteiger charge is -2.03. The third-order valence-corrected chi connectivity index (χ3v) is 3.71. The minimum Gasteiger partial charge on any atom is -0.481 e. The number of aromatic amines is 1. The lowest BCUT2D eigenvalue weighted by molar-refractivity contribution is -0.137. The van der Waals surface area contributed by atoms with Crippen LogP contribution in [0, 0.1) is 5.82 Å². The van der Waals surface area contributed by atoms with Crippen molar-refractivity contribution < 1.29 is 19.1 Å². The molecule has 2 rings (SSSR count). The van der Waals surface area contributed by atoms with Gasteiger partial charge in [0.15, 0.2) is 0 Å². The number of amides is 1. The second-order valence-electron chi connectivity index (χ2n) is 4.99. The summed E-state index contributed by atoms with van der Waals surface area (Å²) < 4.78 is 14.4. The molecule has 1 aromatic heterocycles. The smallest absolute Gasteiger partial charge is 0.303 e. The van der Waals surface area contributed by atoms with Crippen LogP contribution in [0.5, 0.6) is 0 Å². The van der Waals surface area contributed by atoms with E-state index in [1.54, 1.807) is 6.07 Å². The predicted octanol–water partition coefficient (Wildman–Crippen LogP) is 3.44. The van der Waals surface area contributed by atoms with E-state index in [0.717, 1.165) is 6.42 Å². The second-order valence-corrected chi connectivity index (χ2v) is 5.91. The van der Waals surface area contributed by atoms with Crippen molar-refractivity contribution >= 4 is 38.7 Å². The summed E-state index contributed by atoms with van der Waals surface area (Å²) in [5.74, 6) is -1.51. The minimum atomic E-state index is -0.810. The van der Waals surface area contributed by atoms with Crippen LogP contribution in [0.4, 0.5) is 4.39 Å². The van der Waals surface area contributed by atoms with E-state index < -0.39 is 11.8 Å². The number of carbonyl (C=O) groups is 2. The topological polar surface area (TPSA) is 82.2 Å². The van der Waals surface area contributed by atoms with Crippen molar-refractivity contribution in [1.82, 2.24) is 10.3 Å². The lowest BCUT2D eigenvalue weighted by Crippen LogP contribution is -2.24. The Labute approximate surface area is 135 Å². The van der Waals surface area contributed by atoms with Gasteiger partial charge in [0.05, 0.1) is 5.52 Å². The van der Waals surface area contributed by atoms with E-state index >= 15 is 0 Å². The van der Waals surface area contributed by atoms with Crippen LogP contribution in [-0.4, -0.2) is 28.5 Å². The van der Waals surface area contributed by atoms with Crippen molar-refractivity contribution in [3.05, 3.63) is 34.2 Å². The molecule has 3 N–H and O–H groups in total. The molecule has 5 nitrogen and oxygen atoms in total. The molecule has 7 heteroatoms. The van der Waals surface area contributed by atoms with Gasteiger partial charge in [0.2, 0.25) is 0 Å². The molecular formula is C15H16BrFN2O3. The van der Waals surface area contributed by atoms with E-state index in [4.69, 9.17) is 5.11 Å². The number of carbonyl (C=O) groups excluding carboxylic acids is 1. The summed E-state index contributed by atoms with van der Waals surface area (Å²) in [5.41, 5.74) is 0.857. The number of halogens is 2. The van der Waals surface area contributed by atoms with Gasteiger partial charge in [0.25, 0.3) is 5.91 Å². The summed E-state index contributed by atoms with van der Waals surface area (Å²) >= 11 is 3.20. The highest BCUT2D eigenvalue weighted by Gasteiger charge is 2.12. The Hall–Kier alpha value is -1.89. The number of carboxylic acids is 1. The van der Waals surface area contributed by atoms with Gasteiger partial charge >= 0.3 is 5.97 Å². The molecule has 0 spiro atoms. The van der Waals surface area contributed by atoms with E-state index in [1.165, 1.54) is 12.1 Å². The van der Waals surface area contributed by atoms with Crippen molar-refractivity contribution in [2.75, 3.05) is 6.54 Å². The highest BCUT2D eigenvalue weighted by Crippen LogP contribution is 2.23. The van der Waals surface area contributed by atoms with E-state index in [0.29, 0.717) is 40.5 Å². The van der Waals surface area contributed by atoms with Crippen LogP contribution in [0.15, 0.2) is 22.7 Å². The highest BCUT2D eigenvalue weighted by atomic mass is 79.9. The Kier molecular flexibility index (Phi) is 5.54. The Balaban J connectivity index is 1.88. The summed E-state index contributed by atoms with van der Waals surface area (Å²) in [6.45, 7) is 0.458. The number of benzene rings is 1. The molecule has 1 heterocycles. The largest absolute Gasteiger partial charge is 0.481 e. The van der Waals surface area contributed by atoms with Crippen molar-refractivity contribution in [3.63, 3.8) is 0 Å². The molecule has 0 radical (unpaired) electrons.